The Morgan fingerprint density at radius 2 is 0.923 bits per heavy atom. The van der Waals surface area contributed by atoms with Crippen LogP contribution in [0.5, 0.6) is 0 Å². The van der Waals surface area contributed by atoms with Crippen molar-refractivity contribution in [1.82, 2.24) is 0 Å². The molecule has 0 spiro atoms. The van der Waals surface area contributed by atoms with Gasteiger partial charge in [0.15, 0.2) is 0 Å². The lowest BCUT2D eigenvalue weighted by atomic mass is 9.94. The molecular weight excluding hydrogens is 631 g/mol. The first-order valence-corrected chi connectivity index (χ1v) is 17.8. The maximum atomic E-state index is 6.75. The van der Waals surface area contributed by atoms with E-state index in [1.807, 2.05) is 6.07 Å². The molecule has 1 aromatic heterocycles. The number of furan rings is 1. The van der Waals surface area contributed by atoms with E-state index in [-0.39, 0.29) is 0 Å². The van der Waals surface area contributed by atoms with Crippen LogP contribution in [0.25, 0.3) is 76.9 Å². The lowest BCUT2D eigenvalue weighted by molar-refractivity contribution is 0.670. The number of rotatable bonds is 6. The highest BCUT2D eigenvalue weighted by atomic mass is 16.3. The van der Waals surface area contributed by atoms with Crippen molar-refractivity contribution >= 4 is 60.5 Å². The maximum Gasteiger partial charge on any atom is 0.145 e. The van der Waals surface area contributed by atoms with Gasteiger partial charge in [-0.1, -0.05) is 164 Å². The Labute approximate surface area is 302 Å². The van der Waals surface area contributed by atoms with Gasteiger partial charge in [-0.3, -0.25) is 0 Å². The Morgan fingerprint density at radius 3 is 1.67 bits per heavy atom. The van der Waals surface area contributed by atoms with Crippen molar-refractivity contribution in [2.24, 2.45) is 0 Å². The summed E-state index contributed by atoms with van der Waals surface area (Å²) in [5.41, 5.74) is 12.0. The summed E-state index contributed by atoms with van der Waals surface area (Å²) in [4.78, 5) is 2.42. The first-order valence-electron chi connectivity index (χ1n) is 17.8. The Hall–Kier alpha value is -6.90. The standard InChI is InChI=1S/C50H33NO/c1-3-14-34(15-4-1)39-19-9-10-20-40(39)37-26-29-38(30-27-37)51(46-24-13-23-43-41-21-8-7-18-36(41)28-31-44(43)46)47-33-32-42(35-16-5-2-6-17-35)50-49(47)45-22-11-12-25-48(45)52-50/h1-33H. The lowest BCUT2D eigenvalue weighted by Gasteiger charge is -2.28. The number of hydrogen-bond acceptors (Lipinski definition) is 2. The molecule has 0 saturated carbocycles. The van der Waals surface area contributed by atoms with Crippen LogP contribution in [0.15, 0.2) is 205 Å². The summed E-state index contributed by atoms with van der Waals surface area (Å²) >= 11 is 0. The maximum absolute atomic E-state index is 6.75. The molecule has 0 fully saturated rings. The molecule has 2 nitrogen and oxygen atoms in total. The van der Waals surface area contributed by atoms with Gasteiger partial charge in [0.2, 0.25) is 0 Å². The number of hydrogen-bond donors (Lipinski definition) is 0. The molecule has 0 aliphatic rings. The fourth-order valence-electron chi connectivity index (χ4n) is 7.86. The van der Waals surface area contributed by atoms with E-state index in [0.29, 0.717) is 0 Å². The molecule has 0 N–H and O–H groups in total. The predicted molar refractivity (Wildman–Crippen MR) is 220 cm³/mol. The van der Waals surface area contributed by atoms with Gasteiger partial charge in [0, 0.05) is 22.0 Å². The molecule has 10 rings (SSSR count). The minimum absolute atomic E-state index is 0.874. The molecule has 0 atom stereocenters. The second kappa shape index (κ2) is 12.5. The third kappa shape index (κ3) is 4.96. The smallest absolute Gasteiger partial charge is 0.145 e. The van der Waals surface area contributed by atoms with Crippen LogP contribution < -0.4 is 4.90 Å². The lowest BCUT2D eigenvalue weighted by Crippen LogP contribution is -2.11. The van der Waals surface area contributed by atoms with Crippen molar-refractivity contribution in [3.63, 3.8) is 0 Å². The minimum atomic E-state index is 0.874. The number of nitrogens with zero attached hydrogens (tertiary/aromatic N) is 1. The first kappa shape index (κ1) is 30.0. The molecule has 0 amide bonds. The molecule has 0 saturated heterocycles. The van der Waals surface area contributed by atoms with Crippen LogP contribution in [0.3, 0.4) is 0 Å². The number of fused-ring (bicyclic) bond motifs is 6. The second-order valence-electron chi connectivity index (χ2n) is 13.3. The molecule has 52 heavy (non-hydrogen) atoms. The first-order chi connectivity index (χ1) is 25.8. The monoisotopic (exact) mass is 663 g/mol. The van der Waals surface area contributed by atoms with Gasteiger partial charge in [-0.2, -0.15) is 0 Å². The zero-order valence-corrected chi connectivity index (χ0v) is 28.4. The molecular formula is C50H33NO. The van der Waals surface area contributed by atoms with Crippen LogP contribution in [0, 0.1) is 0 Å². The summed E-state index contributed by atoms with van der Waals surface area (Å²) in [6, 6.07) is 71.6. The molecule has 0 bridgehead atoms. The van der Waals surface area contributed by atoms with Crippen molar-refractivity contribution in [1.29, 1.82) is 0 Å². The minimum Gasteiger partial charge on any atom is -0.455 e. The van der Waals surface area contributed by atoms with Crippen molar-refractivity contribution in [3.05, 3.63) is 200 Å². The topological polar surface area (TPSA) is 16.4 Å². The fourth-order valence-corrected chi connectivity index (χ4v) is 7.86. The quantitative estimate of drug-likeness (QED) is 0.165. The summed E-state index contributed by atoms with van der Waals surface area (Å²) in [5, 5.41) is 7.07. The van der Waals surface area contributed by atoms with Gasteiger partial charge in [-0.05, 0) is 80.4 Å². The summed E-state index contributed by atoms with van der Waals surface area (Å²) in [6.07, 6.45) is 0. The van der Waals surface area contributed by atoms with Crippen LogP contribution in [0.4, 0.5) is 17.1 Å². The third-order valence-electron chi connectivity index (χ3n) is 10.3. The van der Waals surface area contributed by atoms with E-state index < -0.39 is 0 Å². The normalized spacial score (nSPS) is 11.5. The summed E-state index contributed by atoms with van der Waals surface area (Å²) < 4.78 is 6.75. The predicted octanol–water partition coefficient (Wildman–Crippen LogP) is 14.4. The van der Waals surface area contributed by atoms with E-state index in [4.69, 9.17) is 4.42 Å². The number of benzene rings is 9. The van der Waals surface area contributed by atoms with Gasteiger partial charge in [-0.25, -0.2) is 0 Å². The average molecular weight is 664 g/mol. The molecule has 0 aliphatic carbocycles. The molecule has 10 aromatic rings. The summed E-state index contributed by atoms with van der Waals surface area (Å²) in [5.74, 6) is 0. The Balaban J connectivity index is 1.23. The van der Waals surface area contributed by atoms with Crippen molar-refractivity contribution in [2.45, 2.75) is 0 Å². The van der Waals surface area contributed by atoms with Gasteiger partial charge in [-0.15, -0.1) is 0 Å². The van der Waals surface area contributed by atoms with Crippen LogP contribution >= 0.6 is 0 Å². The highest BCUT2D eigenvalue weighted by Crippen LogP contribution is 2.48. The Morgan fingerprint density at radius 1 is 0.327 bits per heavy atom. The fraction of sp³-hybridized carbons (Fsp3) is 0. The van der Waals surface area contributed by atoms with E-state index >= 15 is 0 Å². The Kier molecular flexibility index (Phi) is 7.18. The van der Waals surface area contributed by atoms with Crippen LogP contribution in [-0.4, -0.2) is 0 Å². The summed E-state index contributed by atoms with van der Waals surface area (Å²) in [7, 11) is 0. The van der Waals surface area contributed by atoms with Gasteiger partial charge in [0.05, 0.1) is 16.8 Å². The molecule has 0 radical (unpaired) electrons. The van der Waals surface area contributed by atoms with E-state index in [9.17, 15) is 0 Å². The zero-order chi connectivity index (χ0) is 34.4. The van der Waals surface area contributed by atoms with E-state index in [2.05, 4.69) is 199 Å². The molecule has 1 heterocycles. The van der Waals surface area contributed by atoms with Crippen LogP contribution in [0.1, 0.15) is 0 Å². The van der Waals surface area contributed by atoms with E-state index in [1.54, 1.807) is 0 Å². The van der Waals surface area contributed by atoms with Crippen molar-refractivity contribution < 1.29 is 4.42 Å². The van der Waals surface area contributed by atoms with Gasteiger partial charge >= 0.3 is 0 Å². The summed E-state index contributed by atoms with van der Waals surface area (Å²) in [6.45, 7) is 0. The zero-order valence-electron chi connectivity index (χ0n) is 28.4. The van der Waals surface area contributed by atoms with E-state index in [1.165, 1.54) is 43.8 Å². The van der Waals surface area contributed by atoms with Crippen LogP contribution in [0.2, 0.25) is 0 Å². The van der Waals surface area contributed by atoms with Gasteiger partial charge in [0.1, 0.15) is 11.2 Å². The highest BCUT2D eigenvalue weighted by molar-refractivity contribution is 6.19. The largest absolute Gasteiger partial charge is 0.455 e. The Bertz CT molecular complexity index is 2890. The second-order valence-corrected chi connectivity index (χ2v) is 13.3. The van der Waals surface area contributed by atoms with E-state index in [0.717, 1.165) is 50.1 Å². The third-order valence-corrected chi connectivity index (χ3v) is 10.3. The van der Waals surface area contributed by atoms with Crippen molar-refractivity contribution in [3.8, 4) is 33.4 Å². The molecule has 0 unspecified atom stereocenters. The van der Waals surface area contributed by atoms with Gasteiger partial charge in [0.25, 0.3) is 0 Å². The average Bonchev–Trinajstić information content (AvgIpc) is 3.62. The molecule has 9 aromatic carbocycles. The van der Waals surface area contributed by atoms with Gasteiger partial charge < -0.3 is 9.32 Å². The van der Waals surface area contributed by atoms with Crippen molar-refractivity contribution in [2.75, 3.05) is 4.90 Å². The molecule has 2 heteroatoms. The van der Waals surface area contributed by atoms with Crippen LogP contribution in [-0.2, 0) is 0 Å². The number of para-hydroxylation sites is 1. The molecule has 0 aliphatic heterocycles. The number of anilines is 3. The highest BCUT2D eigenvalue weighted by Gasteiger charge is 2.23. The molecule has 244 valence electrons. The SMILES string of the molecule is c1ccc(-c2ccccc2-c2ccc(N(c3cccc4c3ccc3ccccc34)c3ccc(-c4ccccc4)c4oc5ccccc5c34)cc2)cc1.